The van der Waals surface area contributed by atoms with Crippen LogP contribution in [0.2, 0.25) is 5.02 Å². The van der Waals surface area contributed by atoms with E-state index in [1.54, 1.807) is 30.3 Å². The zero-order valence-corrected chi connectivity index (χ0v) is 22.9. The third kappa shape index (κ3) is 5.68. The fourth-order valence-electron chi connectivity index (χ4n) is 3.79. The van der Waals surface area contributed by atoms with Crippen LogP contribution >= 0.6 is 27.5 Å². The van der Waals surface area contributed by atoms with E-state index in [0.717, 1.165) is 16.5 Å². The molecule has 0 aliphatic heterocycles. The van der Waals surface area contributed by atoms with Gasteiger partial charge < -0.3 is 9.47 Å². The summed E-state index contributed by atoms with van der Waals surface area (Å²) in [6.07, 6.45) is 2.29. The van der Waals surface area contributed by atoms with Gasteiger partial charge in [-0.05, 0) is 36.8 Å². The average Bonchev–Trinajstić information content (AvgIpc) is 2.91. The maximum absolute atomic E-state index is 13.5. The lowest BCUT2D eigenvalue weighted by molar-refractivity contribution is 0.284. The minimum Gasteiger partial charge on any atom is -0.493 e. The molecule has 4 aromatic rings. The van der Waals surface area contributed by atoms with Crippen molar-refractivity contribution in [3.05, 3.63) is 97.0 Å². The first kappa shape index (κ1) is 26.4. The number of aromatic nitrogens is 2. The zero-order chi connectivity index (χ0) is 26.5. The van der Waals surface area contributed by atoms with Crippen LogP contribution in [0.15, 0.2) is 69.0 Å². The van der Waals surface area contributed by atoms with Gasteiger partial charge in [-0.1, -0.05) is 59.6 Å². The van der Waals surface area contributed by atoms with Gasteiger partial charge in [0.15, 0.2) is 11.5 Å². The van der Waals surface area contributed by atoms with Gasteiger partial charge in [0.05, 0.1) is 35.9 Å². The molecule has 1 aromatic heterocycles. The molecule has 0 amide bonds. The molecule has 0 unspecified atom stereocenters. The maximum atomic E-state index is 13.5. The summed E-state index contributed by atoms with van der Waals surface area (Å²) in [6.45, 7) is 4.16. The first-order chi connectivity index (χ1) is 17.9. The summed E-state index contributed by atoms with van der Waals surface area (Å²) in [7, 11) is 1.51. The highest BCUT2D eigenvalue weighted by Gasteiger charge is 2.17. The molecule has 1 heterocycles. The summed E-state index contributed by atoms with van der Waals surface area (Å²) < 4.78 is 13.7. The van der Waals surface area contributed by atoms with Crippen LogP contribution in [0.25, 0.3) is 10.9 Å². The van der Waals surface area contributed by atoms with Gasteiger partial charge in [0.2, 0.25) is 0 Å². The Balaban J connectivity index is 1.82. The van der Waals surface area contributed by atoms with E-state index >= 15 is 0 Å². The van der Waals surface area contributed by atoms with Crippen LogP contribution < -0.4 is 15.0 Å². The lowest BCUT2D eigenvalue weighted by Crippen LogP contribution is -2.23. The van der Waals surface area contributed by atoms with Gasteiger partial charge in [-0.2, -0.15) is 15.0 Å². The van der Waals surface area contributed by atoms with Crippen LogP contribution in [0.1, 0.15) is 48.7 Å². The van der Waals surface area contributed by atoms with E-state index in [1.807, 2.05) is 38.1 Å². The van der Waals surface area contributed by atoms with E-state index in [9.17, 15) is 10.1 Å². The molecular weight excluding hydrogens is 556 g/mol. The number of rotatable bonds is 8. The van der Waals surface area contributed by atoms with Gasteiger partial charge in [0.1, 0.15) is 12.4 Å². The summed E-state index contributed by atoms with van der Waals surface area (Å²) in [5.41, 5.74) is 2.08. The molecule has 0 aliphatic rings. The number of ether oxygens (including phenoxy) is 2. The van der Waals surface area contributed by atoms with E-state index in [0.29, 0.717) is 44.4 Å². The molecule has 0 bridgehead atoms. The molecule has 0 radical (unpaired) electrons. The molecule has 0 fully saturated rings. The Labute approximate surface area is 228 Å². The van der Waals surface area contributed by atoms with Gasteiger partial charge in [0.25, 0.3) is 5.56 Å². The molecule has 0 aliphatic carbocycles. The molecule has 188 valence electrons. The number of nitriles is 1. The first-order valence-corrected chi connectivity index (χ1v) is 12.8. The molecule has 1 atom stereocenters. The molecule has 0 saturated heterocycles. The molecule has 0 saturated carbocycles. The third-order valence-corrected chi connectivity index (χ3v) is 6.69. The van der Waals surface area contributed by atoms with Crippen molar-refractivity contribution in [1.29, 1.82) is 5.26 Å². The summed E-state index contributed by atoms with van der Waals surface area (Å²) in [6, 6.07) is 18.1. The summed E-state index contributed by atoms with van der Waals surface area (Å²) in [4.78, 5) is 18.2. The predicted molar refractivity (Wildman–Crippen MR) is 149 cm³/mol. The molecule has 0 N–H and O–H groups in total. The molecular formula is C28H24BrClN4O3. The van der Waals surface area contributed by atoms with E-state index in [4.69, 9.17) is 26.1 Å². The van der Waals surface area contributed by atoms with Gasteiger partial charge in [-0.15, -0.1) is 0 Å². The molecule has 3 aromatic carbocycles. The molecule has 4 rings (SSSR count). The minimum atomic E-state index is -0.280. The highest BCUT2D eigenvalue weighted by atomic mass is 79.9. The van der Waals surface area contributed by atoms with Crippen molar-refractivity contribution in [2.45, 2.75) is 32.8 Å². The van der Waals surface area contributed by atoms with E-state index < -0.39 is 0 Å². The van der Waals surface area contributed by atoms with Crippen LogP contribution in [0.5, 0.6) is 11.5 Å². The Morgan fingerprint density at radius 3 is 2.76 bits per heavy atom. The number of fused-ring (bicyclic) bond motifs is 1. The zero-order valence-electron chi connectivity index (χ0n) is 20.5. The predicted octanol–water partition coefficient (Wildman–Crippen LogP) is 6.67. The normalized spacial score (nSPS) is 12.0. The van der Waals surface area contributed by atoms with Crippen LogP contribution in [0.3, 0.4) is 0 Å². The second-order valence-electron chi connectivity index (χ2n) is 8.39. The van der Waals surface area contributed by atoms with Crippen molar-refractivity contribution in [2.75, 3.05) is 7.11 Å². The number of methoxy groups -OCH3 is 1. The van der Waals surface area contributed by atoms with Gasteiger partial charge >= 0.3 is 0 Å². The topological polar surface area (TPSA) is 89.5 Å². The molecule has 0 spiro atoms. The Hall–Kier alpha value is -3.67. The lowest BCUT2D eigenvalue weighted by Gasteiger charge is -2.16. The summed E-state index contributed by atoms with van der Waals surface area (Å²) in [5.74, 6) is 1.33. The second-order valence-corrected chi connectivity index (χ2v) is 9.74. The Morgan fingerprint density at radius 1 is 1.24 bits per heavy atom. The quantitative estimate of drug-likeness (QED) is 0.218. The highest BCUT2D eigenvalue weighted by molar-refractivity contribution is 9.10. The van der Waals surface area contributed by atoms with Crippen molar-refractivity contribution in [3.63, 3.8) is 0 Å². The molecule has 9 heteroatoms. The van der Waals surface area contributed by atoms with Crippen LogP contribution in [-0.4, -0.2) is 23.0 Å². The number of nitrogens with zero attached hydrogens (tertiary/aromatic N) is 4. The maximum Gasteiger partial charge on any atom is 0.282 e. The number of hydrogen-bond acceptors (Lipinski definition) is 6. The average molecular weight is 580 g/mol. The lowest BCUT2D eigenvalue weighted by atomic mass is 10.1. The summed E-state index contributed by atoms with van der Waals surface area (Å²) >= 11 is 9.78. The second kappa shape index (κ2) is 11.6. The van der Waals surface area contributed by atoms with E-state index in [-0.39, 0.29) is 18.1 Å². The van der Waals surface area contributed by atoms with Crippen LogP contribution in [-0.2, 0) is 6.61 Å². The van der Waals surface area contributed by atoms with Crippen LogP contribution in [0.4, 0.5) is 0 Å². The monoisotopic (exact) mass is 578 g/mol. The standard InChI is InChI=1S/C28H24BrClN4O3/c1-4-17(2)27-33-24-10-9-21(29)12-23(24)28(35)34(27)32-15-20-11-22(30)13-25(36-3)26(20)37-16-19-8-6-5-7-18(19)14-31/h5-13,15,17H,4,16H2,1-3H3/t17-/m1/s1. The Kier molecular flexibility index (Phi) is 8.27. The van der Waals surface area contributed by atoms with Gasteiger partial charge in [-0.25, -0.2) is 4.98 Å². The Morgan fingerprint density at radius 2 is 2.03 bits per heavy atom. The van der Waals surface area contributed by atoms with Crippen molar-refractivity contribution < 1.29 is 9.47 Å². The van der Waals surface area contributed by atoms with Crippen molar-refractivity contribution in [2.24, 2.45) is 5.10 Å². The van der Waals surface area contributed by atoms with Crippen LogP contribution in [0, 0.1) is 11.3 Å². The molecule has 7 nitrogen and oxygen atoms in total. The van der Waals surface area contributed by atoms with Crippen molar-refractivity contribution >= 4 is 44.6 Å². The Bertz CT molecular complexity index is 1590. The van der Waals surface area contributed by atoms with E-state index in [2.05, 4.69) is 27.1 Å². The van der Waals surface area contributed by atoms with Crippen molar-refractivity contribution in [3.8, 4) is 17.6 Å². The fraction of sp³-hybridized carbons (Fsp3) is 0.214. The smallest absolute Gasteiger partial charge is 0.282 e. The number of halogens is 2. The first-order valence-electron chi connectivity index (χ1n) is 11.6. The molecule has 37 heavy (non-hydrogen) atoms. The van der Waals surface area contributed by atoms with E-state index in [1.165, 1.54) is 18.0 Å². The SMILES string of the molecule is CC[C@@H](C)c1nc2ccc(Br)cc2c(=O)n1N=Cc1cc(Cl)cc(OC)c1OCc1ccccc1C#N. The number of benzene rings is 3. The van der Waals surface area contributed by atoms with Gasteiger partial charge in [-0.3, -0.25) is 4.79 Å². The van der Waals surface area contributed by atoms with Gasteiger partial charge in [0, 0.05) is 32.6 Å². The van der Waals surface area contributed by atoms with Crippen molar-refractivity contribution in [1.82, 2.24) is 9.66 Å². The number of hydrogen-bond donors (Lipinski definition) is 0. The fourth-order valence-corrected chi connectivity index (χ4v) is 4.37. The minimum absolute atomic E-state index is 0.00926. The third-order valence-electron chi connectivity index (χ3n) is 5.98. The largest absolute Gasteiger partial charge is 0.493 e. The summed E-state index contributed by atoms with van der Waals surface area (Å²) in [5, 5.41) is 14.8. The highest BCUT2D eigenvalue weighted by Crippen LogP contribution is 2.35.